The summed E-state index contributed by atoms with van der Waals surface area (Å²) in [6.07, 6.45) is -2.26. The second-order valence-corrected chi connectivity index (χ2v) is 4.42. The molecular formula is C6H13O6P. The van der Waals surface area contributed by atoms with Crippen molar-refractivity contribution in [1.82, 2.24) is 0 Å². The molecule has 0 fully saturated rings. The zero-order chi connectivity index (χ0) is 10.5. The molecule has 13 heavy (non-hydrogen) atoms. The molecule has 0 aliphatic carbocycles. The van der Waals surface area contributed by atoms with Gasteiger partial charge in [0.1, 0.15) is 18.5 Å². The summed E-state index contributed by atoms with van der Waals surface area (Å²) in [6.45, 7) is 0.313. The average molecular weight is 212 g/mol. The highest BCUT2D eigenvalue weighted by atomic mass is 31.2. The fourth-order valence-corrected chi connectivity index (χ4v) is 1.46. The van der Waals surface area contributed by atoms with E-state index in [9.17, 15) is 9.36 Å². The summed E-state index contributed by atoms with van der Waals surface area (Å²) in [5.74, 6) is 0. The zero-order valence-corrected chi connectivity index (χ0v) is 8.05. The van der Waals surface area contributed by atoms with Crippen molar-refractivity contribution in [3.8, 4) is 0 Å². The standard InChI is InChI=1S/C6H13O6P/c1-13(10,11)12-6(2-3-7)5(9)4-8/h3,5-6,8-9H,2,4H2,1H3,(H,10,11)/t5-,6+/m1/s1. The van der Waals surface area contributed by atoms with Gasteiger partial charge in [-0.3, -0.25) is 4.57 Å². The Morgan fingerprint density at radius 3 is 2.46 bits per heavy atom. The average Bonchev–Trinajstić information content (AvgIpc) is 2.00. The summed E-state index contributed by atoms with van der Waals surface area (Å²) in [5, 5.41) is 17.6. The second kappa shape index (κ2) is 5.47. The van der Waals surface area contributed by atoms with Crippen LogP contribution in [0.1, 0.15) is 6.42 Å². The number of carbonyl (C=O) groups excluding carboxylic acids is 1. The number of aldehydes is 1. The Kier molecular flexibility index (Phi) is 5.36. The van der Waals surface area contributed by atoms with E-state index < -0.39 is 26.4 Å². The Balaban J connectivity index is 4.25. The number of hydrogen-bond donors (Lipinski definition) is 3. The number of hydrogen-bond acceptors (Lipinski definition) is 5. The van der Waals surface area contributed by atoms with Gasteiger partial charge in [0.2, 0.25) is 0 Å². The summed E-state index contributed by atoms with van der Waals surface area (Å²) in [7, 11) is -3.75. The summed E-state index contributed by atoms with van der Waals surface area (Å²) in [4.78, 5) is 18.9. The first-order valence-electron chi connectivity index (χ1n) is 3.62. The zero-order valence-electron chi connectivity index (χ0n) is 7.16. The molecule has 0 radical (unpaired) electrons. The summed E-state index contributed by atoms with van der Waals surface area (Å²) >= 11 is 0. The quantitative estimate of drug-likeness (QED) is 0.390. The molecule has 0 amide bonds. The lowest BCUT2D eigenvalue weighted by Crippen LogP contribution is -2.31. The number of aliphatic hydroxyl groups is 2. The summed E-state index contributed by atoms with van der Waals surface area (Å²) in [5.41, 5.74) is 0. The monoisotopic (exact) mass is 212 g/mol. The molecule has 0 aromatic heterocycles. The number of aliphatic hydroxyl groups excluding tert-OH is 2. The van der Waals surface area contributed by atoms with Crippen LogP contribution >= 0.6 is 7.60 Å². The van der Waals surface area contributed by atoms with Crippen molar-refractivity contribution >= 4 is 13.9 Å². The highest BCUT2D eigenvalue weighted by molar-refractivity contribution is 7.51. The largest absolute Gasteiger partial charge is 0.394 e. The van der Waals surface area contributed by atoms with Gasteiger partial charge in [0.25, 0.3) is 0 Å². The molecule has 0 aromatic rings. The topological polar surface area (TPSA) is 104 Å². The van der Waals surface area contributed by atoms with E-state index in [1.165, 1.54) is 0 Å². The molecule has 3 atom stereocenters. The van der Waals surface area contributed by atoms with Gasteiger partial charge in [0, 0.05) is 13.1 Å². The third-order valence-corrected chi connectivity index (χ3v) is 1.94. The SMILES string of the molecule is CP(=O)(O)O[C@@H](CC=O)[C@H](O)CO. The predicted molar refractivity (Wildman–Crippen MR) is 44.4 cm³/mol. The van der Waals surface area contributed by atoms with Crippen LogP contribution in [0.4, 0.5) is 0 Å². The Bertz CT molecular complexity index is 199. The Hall–Kier alpha value is -0.260. The maximum Gasteiger partial charge on any atom is 0.325 e. The highest BCUT2D eigenvalue weighted by Gasteiger charge is 2.25. The molecule has 0 bridgehead atoms. The van der Waals surface area contributed by atoms with Gasteiger partial charge in [-0.15, -0.1) is 0 Å². The molecule has 0 aromatic carbocycles. The van der Waals surface area contributed by atoms with Gasteiger partial charge in [-0.2, -0.15) is 0 Å². The lowest BCUT2D eigenvalue weighted by atomic mass is 10.2. The van der Waals surface area contributed by atoms with Crippen molar-refractivity contribution in [3.63, 3.8) is 0 Å². The lowest BCUT2D eigenvalue weighted by Gasteiger charge is -2.20. The number of carbonyl (C=O) groups is 1. The molecule has 0 saturated carbocycles. The van der Waals surface area contributed by atoms with Gasteiger partial charge in [-0.25, -0.2) is 0 Å². The Labute approximate surface area is 75.7 Å². The van der Waals surface area contributed by atoms with Crippen molar-refractivity contribution in [1.29, 1.82) is 0 Å². The molecule has 0 saturated heterocycles. The molecular weight excluding hydrogens is 199 g/mol. The molecule has 3 N–H and O–H groups in total. The van der Waals surface area contributed by atoms with E-state index in [2.05, 4.69) is 4.52 Å². The summed E-state index contributed by atoms with van der Waals surface area (Å²) in [6, 6.07) is 0. The van der Waals surface area contributed by atoms with E-state index in [4.69, 9.17) is 15.1 Å². The molecule has 0 spiro atoms. The second-order valence-electron chi connectivity index (χ2n) is 2.60. The van der Waals surface area contributed by atoms with Crippen LogP contribution in [-0.2, 0) is 13.9 Å². The van der Waals surface area contributed by atoms with Crippen LogP contribution in [0.2, 0.25) is 0 Å². The van der Waals surface area contributed by atoms with Crippen molar-refractivity contribution < 1.29 is 29.0 Å². The summed E-state index contributed by atoms with van der Waals surface area (Å²) < 4.78 is 15.2. The third kappa shape index (κ3) is 5.90. The lowest BCUT2D eigenvalue weighted by molar-refractivity contribution is -0.111. The molecule has 1 unspecified atom stereocenters. The molecule has 0 rings (SSSR count). The molecule has 78 valence electrons. The normalized spacial score (nSPS) is 20.3. The fraction of sp³-hybridized carbons (Fsp3) is 0.833. The van der Waals surface area contributed by atoms with Crippen LogP contribution in [-0.4, -0.2) is 46.9 Å². The van der Waals surface area contributed by atoms with Crippen LogP contribution in [0.15, 0.2) is 0 Å². The molecule has 6 nitrogen and oxygen atoms in total. The maximum atomic E-state index is 10.7. The first-order chi connectivity index (χ1) is 5.90. The minimum Gasteiger partial charge on any atom is -0.394 e. The van der Waals surface area contributed by atoms with Gasteiger partial charge < -0.3 is 24.4 Å². The predicted octanol–water partition coefficient (Wildman–Crippen LogP) is -0.871. The van der Waals surface area contributed by atoms with E-state index in [1.54, 1.807) is 0 Å². The van der Waals surface area contributed by atoms with Crippen LogP contribution in [0.25, 0.3) is 0 Å². The van der Waals surface area contributed by atoms with Crippen LogP contribution in [0.3, 0.4) is 0 Å². The van der Waals surface area contributed by atoms with E-state index in [0.29, 0.717) is 6.29 Å². The van der Waals surface area contributed by atoms with Gasteiger partial charge in [-0.1, -0.05) is 0 Å². The van der Waals surface area contributed by atoms with Gasteiger partial charge >= 0.3 is 7.60 Å². The first-order valence-corrected chi connectivity index (χ1v) is 5.64. The third-order valence-electron chi connectivity index (χ3n) is 1.28. The van der Waals surface area contributed by atoms with Gasteiger partial charge in [0.05, 0.1) is 6.61 Å². The van der Waals surface area contributed by atoms with E-state index in [-0.39, 0.29) is 6.42 Å². The van der Waals surface area contributed by atoms with Crippen LogP contribution in [0, 0.1) is 0 Å². The van der Waals surface area contributed by atoms with Crippen molar-refractivity contribution in [2.75, 3.05) is 13.3 Å². The van der Waals surface area contributed by atoms with Crippen molar-refractivity contribution in [2.24, 2.45) is 0 Å². The van der Waals surface area contributed by atoms with E-state index in [1.807, 2.05) is 0 Å². The smallest absolute Gasteiger partial charge is 0.325 e. The molecule has 0 aliphatic rings. The molecule has 7 heteroatoms. The van der Waals surface area contributed by atoms with E-state index >= 15 is 0 Å². The first kappa shape index (κ1) is 12.7. The van der Waals surface area contributed by atoms with Crippen LogP contribution in [0.5, 0.6) is 0 Å². The minimum atomic E-state index is -3.75. The highest BCUT2D eigenvalue weighted by Crippen LogP contribution is 2.39. The molecule has 0 aliphatic heterocycles. The maximum absolute atomic E-state index is 10.7. The molecule has 0 heterocycles. The van der Waals surface area contributed by atoms with Crippen molar-refractivity contribution in [2.45, 2.75) is 18.6 Å². The minimum absolute atomic E-state index is 0.236. The number of rotatable bonds is 6. The Morgan fingerprint density at radius 2 is 2.15 bits per heavy atom. The van der Waals surface area contributed by atoms with Crippen LogP contribution < -0.4 is 0 Å². The van der Waals surface area contributed by atoms with Gasteiger partial charge in [-0.05, 0) is 0 Å². The Morgan fingerprint density at radius 1 is 1.62 bits per heavy atom. The van der Waals surface area contributed by atoms with Gasteiger partial charge in [0.15, 0.2) is 0 Å². The van der Waals surface area contributed by atoms with Crippen molar-refractivity contribution in [3.05, 3.63) is 0 Å². The fourth-order valence-electron chi connectivity index (χ4n) is 0.734. The van der Waals surface area contributed by atoms with E-state index in [0.717, 1.165) is 6.66 Å².